The Morgan fingerprint density at radius 2 is 1.64 bits per heavy atom. The second kappa shape index (κ2) is 8.41. The molecule has 7 heteroatoms. The number of hydrogen-bond donors (Lipinski definition) is 2. The van der Waals surface area contributed by atoms with Crippen molar-refractivity contribution in [2.24, 2.45) is 11.8 Å². The molecule has 0 aromatic rings. The Morgan fingerprint density at radius 1 is 1.14 bits per heavy atom. The molecule has 0 spiro atoms. The summed E-state index contributed by atoms with van der Waals surface area (Å²) in [6.45, 7) is 7.62. The molecule has 2 unspecified atom stereocenters. The molecule has 0 aliphatic heterocycles. The van der Waals surface area contributed by atoms with E-state index in [2.05, 4.69) is 0 Å². The van der Waals surface area contributed by atoms with Crippen LogP contribution in [-0.4, -0.2) is 57.1 Å². The van der Waals surface area contributed by atoms with Crippen LogP contribution in [0.4, 0.5) is 0 Å². The summed E-state index contributed by atoms with van der Waals surface area (Å²) in [6.07, 6.45) is 0.0626. The van der Waals surface area contributed by atoms with Gasteiger partial charge < -0.3 is 15.1 Å². The maximum Gasteiger partial charge on any atom is 0.317 e. The first-order chi connectivity index (χ1) is 9.87. The number of carbonyl (C=O) groups excluding carboxylic acids is 1. The van der Waals surface area contributed by atoms with E-state index in [1.54, 1.807) is 14.1 Å². The van der Waals surface area contributed by atoms with Crippen LogP contribution in [0.2, 0.25) is 0 Å². The van der Waals surface area contributed by atoms with E-state index in [1.165, 1.54) is 4.90 Å². The quantitative estimate of drug-likeness (QED) is 0.671. The average molecular weight is 333 g/mol. The SMILES string of the molecule is CC(C)C(CC(C)(C)SC(CC(=O)O)C(=O)O)C(=O)N(C)C. The number of thioether (sulfide) groups is 1. The van der Waals surface area contributed by atoms with E-state index in [9.17, 15) is 14.4 Å². The Morgan fingerprint density at radius 3 is 1.95 bits per heavy atom. The van der Waals surface area contributed by atoms with E-state index in [0.717, 1.165) is 11.8 Å². The first-order valence-corrected chi connectivity index (χ1v) is 8.09. The van der Waals surface area contributed by atoms with E-state index < -0.39 is 28.4 Å². The van der Waals surface area contributed by atoms with Gasteiger partial charge in [-0.3, -0.25) is 14.4 Å². The van der Waals surface area contributed by atoms with Crippen LogP contribution in [-0.2, 0) is 14.4 Å². The van der Waals surface area contributed by atoms with Crippen LogP contribution >= 0.6 is 11.8 Å². The molecule has 128 valence electrons. The average Bonchev–Trinajstić information content (AvgIpc) is 2.32. The zero-order valence-corrected chi connectivity index (χ0v) is 14.9. The van der Waals surface area contributed by atoms with Gasteiger partial charge in [-0.05, 0) is 12.3 Å². The minimum absolute atomic E-state index is 0.00813. The number of amides is 1. The Hall–Kier alpha value is -1.24. The molecular weight excluding hydrogens is 306 g/mol. The minimum Gasteiger partial charge on any atom is -0.481 e. The van der Waals surface area contributed by atoms with Gasteiger partial charge in [0, 0.05) is 24.8 Å². The molecular formula is C15H27NO5S. The molecule has 0 saturated carbocycles. The van der Waals surface area contributed by atoms with Gasteiger partial charge in [0.2, 0.25) is 5.91 Å². The third-order valence-electron chi connectivity index (χ3n) is 3.37. The van der Waals surface area contributed by atoms with Crippen LogP contribution in [0, 0.1) is 11.8 Å². The lowest BCUT2D eigenvalue weighted by Crippen LogP contribution is -2.38. The van der Waals surface area contributed by atoms with Gasteiger partial charge in [0.1, 0.15) is 5.25 Å². The fourth-order valence-corrected chi connectivity index (χ4v) is 3.61. The van der Waals surface area contributed by atoms with Crippen LogP contribution < -0.4 is 0 Å². The van der Waals surface area contributed by atoms with Crippen molar-refractivity contribution < 1.29 is 24.6 Å². The van der Waals surface area contributed by atoms with Crippen molar-refractivity contribution >= 4 is 29.6 Å². The van der Waals surface area contributed by atoms with Crippen molar-refractivity contribution in [3.05, 3.63) is 0 Å². The Labute approximate surface area is 136 Å². The summed E-state index contributed by atoms with van der Waals surface area (Å²) in [5.41, 5.74) is 0. The van der Waals surface area contributed by atoms with Crippen LogP contribution in [0.3, 0.4) is 0 Å². The van der Waals surface area contributed by atoms with Crippen molar-refractivity contribution in [3.63, 3.8) is 0 Å². The number of aliphatic carboxylic acids is 2. The number of hydrogen-bond acceptors (Lipinski definition) is 4. The molecule has 0 aromatic heterocycles. The zero-order valence-electron chi connectivity index (χ0n) is 14.1. The predicted octanol–water partition coefficient (Wildman–Crippen LogP) is 2.18. The molecule has 2 atom stereocenters. The number of carboxylic acid groups (broad SMARTS) is 2. The van der Waals surface area contributed by atoms with Gasteiger partial charge in [0.25, 0.3) is 0 Å². The van der Waals surface area contributed by atoms with Gasteiger partial charge in [-0.15, -0.1) is 11.8 Å². The minimum atomic E-state index is -1.14. The second-order valence-electron chi connectivity index (χ2n) is 6.59. The van der Waals surface area contributed by atoms with Gasteiger partial charge in [0.15, 0.2) is 0 Å². The lowest BCUT2D eigenvalue weighted by molar-refractivity contribution is -0.143. The molecule has 22 heavy (non-hydrogen) atoms. The maximum absolute atomic E-state index is 12.3. The lowest BCUT2D eigenvalue weighted by Gasteiger charge is -2.33. The molecule has 0 saturated heterocycles. The van der Waals surface area contributed by atoms with Gasteiger partial charge >= 0.3 is 11.9 Å². The fraction of sp³-hybridized carbons (Fsp3) is 0.800. The highest BCUT2D eigenvalue weighted by Crippen LogP contribution is 2.38. The van der Waals surface area contributed by atoms with Gasteiger partial charge in [-0.2, -0.15) is 0 Å². The molecule has 0 heterocycles. The fourth-order valence-electron chi connectivity index (χ4n) is 2.24. The summed E-state index contributed by atoms with van der Waals surface area (Å²) in [4.78, 5) is 35.8. The maximum atomic E-state index is 12.3. The Balaban J connectivity index is 5.07. The van der Waals surface area contributed by atoms with Crippen LogP contribution in [0.15, 0.2) is 0 Å². The third kappa shape index (κ3) is 7.15. The molecule has 0 aliphatic rings. The molecule has 0 aliphatic carbocycles. The van der Waals surface area contributed by atoms with Gasteiger partial charge in [-0.25, -0.2) is 0 Å². The third-order valence-corrected chi connectivity index (χ3v) is 4.83. The van der Waals surface area contributed by atoms with Crippen molar-refractivity contribution in [1.82, 2.24) is 4.90 Å². The van der Waals surface area contributed by atoms with E-state index in [0.29, 0.717) is 6.42 Å². The van der Waals surface area contributed by atoms with E-state index in [-0.39, 0.29) is 17.7 Å². The van der Waals surface area contributed by atoms with Crippen molar-refractivity contribution in [2.75, 3.05) is 14.1 Å². The van der Waals surface area contributed by atoms with E-state index in [1.807, 2.05) is 27.7 Å². The van der Waals surface area contributed by atoms with Crippen molar-refractivity contribution in [3.8, 4) is 0 Å². The number of carboxylic acids is 2. The highest BCUT2D eigenvalue weighted by Gasteiger charge is 2.35. The molecule has 0 bridgehead atoms. The molecule has 0 rings (SSSR count). The van der Waals surface area contributed by atoms with Crippen LogP contribution in [0.25, 0.3) is 0 Å². The normalized spacial score (nSPS) is 14.5. The summed E-state index contributed by atoms with van der Waals surface area (Å²) in [5.74, 6) is -2.37. The largest absolute Gasteiger partial charge is 0.481 e. The topological polar surface area (TPSA) is 94.9 Å². The molecule has 6 nitrogen and oxygen atoms in total. The predicted molar refractivity (Wildman–Crippen MR) is 87.0 cm³/mol. The molecule has 0 radical (unpaired) electrons. The summed E-state index contributed by atoms with van der Waals surface area (Å²) in [7, 11) is 3.39. The lowest BCUT2D eigenvalue weighted by atomic mass is 9.86. The second-order valence-corrected chi connectivity index (χ2v) is 8.50. The highest BCUT2D eigenvalue weighted by molar-refractivity contribution is 8.01. The van der Waals surface area contributed by atoms with Crippen molar-refractivity contribution in [1.29, 1.82) is 0 Å². The first kappa shape index (κ1) is 20.8. The van der Waals surface area contributed by atoms with Crippen molar-refractivity contribution in [2.45, 2.75) is 50.5 Å². The number of rotatable bonds is 9. The Bertz CT molecular complexity index is 420. The summed E-state index contributed by atoms with van der Waals surface area (Å²) >= 11 is 1.11. The molecule has 1 amide bonds. The van der Waals surface area contributed by atoms with E-state index >= 15 is 0 Å². The summed E-state index contributed by atoms with van der Waals surface area (Å²) < 4.78 is -0.515. The Kier molecular flexibility index (Phi) is 7.93. The monoisotopic (exact) mass is 333 g/mol. The summed E-state index contributed by atoms with van der Waals surface area (Å²) in [5, 5.41) is 17.0. The molecule has 2 N–H and O–H groups in total. The number of carbonyl (C=O) groups is 3. The van der Waals surface area contributed by atoms with Crippen LogP contribution in [0.1, 0.15) is 40.5 Å². The molecule has 0 fully saturated rings. The van der Waals surface area contributed by atoms with Gasteiger partial charge in [-0.1, -0.05) is 27.7 Å². The highest BCUT2D eigenvalue weighted by atomic mass is 32.2. The zero-order chi connectivity index (χ0) is 17.7. The number of nitrogens with zero attached hydrogens (tertiary/aromatic N) is 1. The standard InChI is InChI=1S/C15H27NO5S/c1-9(2)10(13(19)16(5)6)8-15(3,4)22-11(14(20)21)7-12(17)18/h9-11H,7-8H2,1-6H3,(H,17,18)(H,20,21). The van der Waals surface area contributed by atoms with E-state index in [4.69, 9.17) is 10.2 Å². The van der Waals surface area contributed by atoms with Gasteiger partial charge in [0.05, 0.1) is 6.42 Å². The molecule has 0 aromatic carbocycles. The summed E-state index contributed by atoms with van der Waals surface area (Å²) in [6, 6.07) is 0. The first-order valence-electron chi connectivity index (χ1n) is 7.21. The van der Waals surface area contributed by atoms with Crippen LogP contribution in [0.5, 0.6) is 0 Å². The smallest absolute Gasteiger partial charge is 0.317 e.